The largest absolute Gasteiger partial charge is 0.488 e. The van der Waals surface area contributed by atoms with Crippen molar-refractivity contribution in [1.82, 2.24) is 0 Å². The van der Waals surface area contributed by atoms with E-state index in [0.29, 0.717) is 13.2 Å². The highest BCUT2D eigenvalue weighted by Crippen LogP contribution is 2.65. The van der Waals surface area contributed by atoms with Gasteiger partial charge in [0.05, 0.1) is 16.9 Å². The van der Waals surface area contributed by atoms with Crippen molar-refractivity contribution in [2.45, 2.75) is 0 Å². The Labute approximate surface area is 246 Å². The van der Waals surface area contributed by atoms with Gasteiger partial charge in [-0.3, -0.25) is 0 Å². The fraction of sp³-hybridized carbons (Fsp3) is 0.133. The van der Waals surface area contributed by atoms with Gasteiger partial charge in [0.1, 0.15) is 24.7 Å². The van der Waals surface area contributed by atoms with Crippen LogP contribution >= 0.6 is 70.6 Å². The van der Waals surface area contributed by atoms with Gasteiger partial charge in [-0.05, 0) is 33.7 Å². The van der Waals surface area contributed by atoms with Crippen LogP contribution in [0.1, 0.15) is 0 Å². The molecule has 0 amide bonds. The molecule has 4 aliphatic heterocycles. The van der Waals surface area contributed by atoms with E-state index < -0.39 is 0 Å². The quantitative estimate of drug-likeness (QED) is 0.195. The third kappa shape index (κ3) is 4.19. The number of thioether (sulfide) groups is 6. The number of hydrogen-bond acceptors (Lipinski definition) is 8. The zero-order valence-electron chi connectivity index (χ0n) is 20.0. The van der Waals surface area contributed by atoms with Crippen LogP contribution in [0.25, 0.3) is 32.7 Å². The Morgan fingerprint density at radius 3 is 1.47 bits per heavy atom. The summed E-state index contributed by atoms with van der Waals surface area (Å²) in [6.07, 6.45) is 0. The highest BCUT2D eigenvalue weighted by atomic mass is 32.3. The lowest BCUT2D eigenvalue weighted by Gasteiger charge is -2.21. The van der Waals surface area contributed by atoms with E-state index in [1.165, 1.54) is 59.8 Å². The van der Waals surface area contributed by atoms with E-state index in [0.717, 1.165) is 22.6 Å². The summed E-state index contributed by atoms with van der Waals surface area (Å²) in [4.78, 5) is 2.51. The first kappa shape index (κ1) is 24.1. The van der Waals surface area contributed by atoms with Crippen molar-refractivity contribution in [1.29, 1.82) is 0 Å². The lowest BCUT2D eigenvalue weighted by Crippen LogP contribution is -2.08. The molecule has 8 rings (SSSR count). The zero-order valence-corrected chi connectivity index (χ0v) is 24.9. The average molecular weight is 605 g/mol. The molecule has 0 fully saturated rings. The minimum absolute atomic E-state index is 0.546. The maximum atomic E-state index is 6.69. The van der Waals surface area contributed by atoms with Gasteiger partial charge < -0.3 is 9.47 Å². The molecule has 0 N–H and O–H groups in total. The molecule has 0 bridgehead atoms. The Hall–Kier alpha value is -1.68. The molecule has 0 spiro atoms. The van der Waals surface area contributed by atoms with Crippen LogP contribution in [0, 0.1) is 0 Å². The zero-order chi connectivity index (χ0) is 25.1. The van der Waals surface area contributed by atoms with Crippen LogP contribution in [0.4, 0.5) is 0 Å². The van der Waals surface area contributed by atoms with Crippen LogP contribution in [-0.2, 0) is 0 Å². The van der Waals surface area contributed by atoms with Gasteiger partial charge in [0.15, 0.2) is 0 Å². The Balaban J connectivity index is 1.24. The van der Waals surface area contributed by atoms with Crippen LogP contribution in [0.2, 0.25) is 0 Å². The number of hydrogen-bond donors (Lipinski definition) is 0. The molecule has 0 radical (unpaired) electrons. The SMILES string of the molecule is c1ccc2c3c(ccc2c1)OCC1=C(COc2ccc4ccccc4c2-3)SC(=C2SC3=C(SCCS3)S2)S1. The second-order valence-corrected chi connectivity index (χ2v) is 16.5. The molecule has 0 atom stereocenters. The first-order chi connectivity index (χ1) is 18.8. The molecule has 4 aromatic carbocycles. The first-order valence-corrected chi connectivity index (χ1v) is 17.5. The third-order valence-electron chi connectivity index (χ3n) is 6.75. The molecular formula is C30H20O2S6. The van der Waals surface area contributed by atoms with E-state index in [2.05, 4.69) is 72.8 Å². The average Bonchev–Trinajstić information content (AvgIpc) is 3.58. The second-order valence-electron chi connectivity index (χ2n) is 9.00. The Morgan fingerprint density at radius 2 is 0.947 bits per heavy atom. The van der Waals surface area contributed by atoms with Crippen molar-refractivity contribution in [3.05, 3.63) is 99.6 Å². The lowest BCUT2D eigenvalue weighted by molar-refractivity contribution is 0.343. The smallest absolute Gasteiger partial charge is 0.128 e. The topological polar surface area (TPSA) is 18.5 Å². The van der Waals surface area contributed by atoms with Gasteiger partial charge in [-0.25, -0.2) is 0 Å². The second kappa shape index (κ2) is 10.1. The van der Waals surface area contributed by atoms with Crippen LogP contribution < -0.4 is 9.47 Å². The summed E-state index contributed by atoms with van der Waals surface area (Å²) in [7, 11) is 0. The summed E-state index contributed by atoms with van der Waals surface area (Å²) < 4.78 is 19.1. The van der Waals surface area contributed by atoms with Crippen LogP contribution in [-0.4, -0.2) is 24.7 Å². The molecule has 4 heterocycles. The minimum Gasteiger partial charge on any atom is -0.488 e. The van der Waals surface area contributed by atoms with Crippen molar-refractivity contribution in [2.75, 3.05) is 24.7 Å². The fourth-order valence-corrected chi connectivity index (χ4v) is 13.8. The van der Waals surface area contributed by atoms with Crippen molar-refractivity contribution < 1.29 is 9.47 Å². The van der Waals surface area contributed by atoms with Crippen molar-refractivity contribution >= 4 is 92.1 Å². The van der Waals surface area contributed by atoms with E-state index in [1.54, 1.807) is 0 Å². The van der Waals surface area contributed by atoms with Gasteiger partial charge in [-0.2, -0.15) is 0 Å². The van der Waals surface area contributed by atoms with Gasteiger partial charge >= 0.3 is 0 Å². The minimum atomic E-state index is 0.546. The fourth-order valence-electron chi connectivity index (χ4n) is 5.01. The molecule has 38 heavy (non-hydrogen) atoms. The standard InChI is InChI=1S/C30H20O2S6/c1-3-7-19-17(5-1)9-11-21-25(19)26-20-8-4-2-6-18(20)10-12-22(26)32-16-24-23(15-31-21)35-29(36-24)30-37-27-28(38-30)34-14-13-33-27/h1-12H,13-16H2. The molecule has 0 aromatic heterocycles. The Bertz CT molecular complexity index is 1610. The van der Waals surface area contributed by atoms with E-state index in [4.69, 9.17) is 9.47 Å². The van der Waals surface area contributed by atoms with Gasteiger partial charge in [0.25, 0.3) is 0 Å². The summed E-state index contributed by atoms with van der Waals surface area (Å²) in [5.41, 5.74) is 2.22. The van der Waals surface area contributed by atoms with Gasteiger partial charge in [0, 0.05) is 32.4 Å². The predicted octanol–water partition coefficient (Wildman–Crippen LogP) is 10.3. The Morgan fingerprint density at radius 1 is 0.474 bits per heavy atom. The highest BCUT2D eigenvalue weighted by molar-refractivity contribution is 8.43. The lowest BCUT2D eigenvalue weighted by atomic mass is 9.92. The Kier molecular flexibility index (Phi) is 6.39. The van der Waals surface area contributed by atoms with Crippen LogP contribution in [0.15, 0.2) is 99.6 Å². The summed E-state index contributed by atoms with van der Waals surface area (Å²) >= 11 is 11.6. The molecule has 8 heteroatoms. The molecule has 0 unspecified atom stereocenters. The molecule has 0 aliphatic carbocycles. The molecule has 2 nitrogen and oxygen atoms in total. The van der Waals surface area contributed by atoms with Crippen molar-refractivity contribution in [3.63, 3.8) is 0 Å². The van der Waals surface area contributed by atoms with Gasteiger partial charge in [-0.15, -0.1) is 23.5 Å². The third-order valence-corrected chi connectivity index (χ3v) is 15.7. The van der Waals surface area contributed by atoms with E-state index in [9.17, 15) is 0 Å². The number of ether oxygens (including phenoxy) is 2. The summed E-state index contributed by atoms with van der Waals surface area (Å²) in [6, 6.07) is 25.7. The summed E-state index contributed by atoms with van der Waals surface area (Å²) in [5, 5.41) is 4.77. The van der Waals surface area contributed by atoms with Crippen LogP contribution in [0.5, 0.6) is 11.5 Å². The van der Waals surface area contributed by atoms with Crippen LogP contribution in [0.3, 0.4) is 0 Å². The van der Waals surface area contributed by atoms with Crippen molar-refractivity contribution in [2.24, 2.45) is 0 Å². The normalized spacial score (nSPS) is 19.2. The number of fused-ring (bicyclic) bond motifs is 7. The van der Waals surface area contributed by atoms with E-state index in [-0.39, 0.29) is 0 Å². The first-order valence-electron chi connectivity index (χ1n) is 12.3. The predicted molar refractivity (Wildman–Crippen MR) is 174 cm³/mol. The summed E-state index contributed by atoms with van der Waals surface area (Å²) in [6.45, 7) is 1.09. The maximum absolute atomic E-state index is 6.69. The van der Waals surface area contributed by atoms with Gasteiger partial charge in [-0.1, -0.05) is 108 Å². The summed E-state index contributed by atoms with van der Waals surface area (Å²) in [5.74, 6) is 4.22. The molecule has 188 valence electrons. The van der Waals surface area contributed by atoms with E-state index in [1.807, 2.05) is 70.6 Å². The highest BCUT2D eigenvalue weighted by Gasteiger charge is 2.32. The van der Waals surface area contributed by atoms with E-state index >= 15 is 0 Å². The number of benzene rings is 4. The molecule has 0 saturated carbocycles. The number of rotatable bonds is 0. The maximum Gasteiger partial charge on any atom is 0.128 e. The monoisotopic (exact) mass is 604 g/mol. The molecule has 4 aromatic rings. The molecular weight excluding hydrogens is 585 g/mol. The van der Waals surface area contributed by atoms with Crippen molar-refractivity contribution in [3.8, 4) is 22.6 Å². The molecule has 4 aliphatic rings. The molecule has 0 saturated heterocycles. The van der Waals surface area contributed by atoms with Gasteiger partial charge in [0.2, 0.25) is 0 Å².